The minimum atomic E-state index is -1.65. The van der Waals surface area contributed by atoms with Crippen LogP contribution in [0.3, 0.4) is 0 Å². The molecule has 0 amide bonds. The summed E-state index contributed by atoms with van der Waals surface area (Å²) in [7, 11) is 0. The minimum absolute atomic E-state index is 0.326. The molecule has 1 aliphatic heterocycles. The molecule has 1 aliphatic rings. The second kappa shape index (κ2) is 7.14. The van der Waals surface area contributed by atoms with E-state index in [-0.39, 0.29) is 0 Å². The van der Waals surface area contributed by atoms with Crippen molar-refractivity contribution in [2.24, 2.45) is 0 Å². The first-order chi connectivity index (χ1) is 10.5. The number of aliphatic carboxylic acids is 1. The van der Waals surface area contributed by atoms with Gasteiger partial charge in [-0.3, -0.25) is 0 Å². The van der Waals surface area contributed by atoms with E-state index in [1.54, 1.807) is 18.2 Å². The lowest BCUT2D eigenvalue weighted by Gasteiger charge is -2.40. The van der Waals surface area contributed by atoms with Gasteiger partial charge in [0.1, 0.15) is 24.4 Å². The first-order valence-electron chi connectivity index (χ1n) is 6.69. The van der Waals surface area contributed by atoms with Gasteiger partial charge in [0.05, 0.1) is 6.61 Å². The maximum Gasteiger partial charge on any atom is 0.337 e. The number of rotatable bonds is 5. The molecule has 0 aromatic heterocycles. The molecule has 22 heavy (non-hydrogen) atoms. The van der Waals surface area contributed by atoms with Crippen molar-refractivity contribution in [2.45, 2.75) is 36.8 Å². The fraction of sp³-hybridized carbons (Fsp3) is 0.500. The number of hydrogen-bond acceptors (Lipinski definition) is 7. The van der Waals surface area contributed by atoms with Gasteiger partial charge in [0, 0.05) is 0 Å². The van der Waals surface area contributed by atoms with Crippen LogP contribution in [-0.4, -0.2) is 68.8 Å². The van der Waals surface area contributed by atoms with Gasteiger partial charge in [-0.2, -0.15) is 0 Å². The molecule has 1 fully saturated rings. The van der Waals surface area contributed by atoms with Crippen molar-refractivity contribution in [1.82, 2.24) is 0 Å². The van der Waals surface area contributed by atoms with E-state index in [1.165, 1.54) is 12.1 Å². The first-order valence-corrected chi connectivity index (χ1v) is 6.69. The van der Waals surface area contributed by atoms with Crippen LogP contribution >= 0.6 is 0 Å². The van der Waals surface area contributed by atoms with Crippen molar-refractivity contribution in [3.63, 3.8) is 0 Å². The largest absolute Gasteiger partial charge is 0.479 e. The van der Waals surface area contributed by atoms with Crippen LogP contribution < -0.4 is 0 Å². The highest BCUT2D eigenvalue weighted by atomic mass is 16.7. The molecule has 1 aromatic rings. The third kappa shape index (κ3) is 3.43. The van der Waals surface area contributed by atoms with E-state index >= 15 is 0 Å². The summed E-state index contributed by atoms with van der Waals surface area (Å²) in [6.07, 6.45) is -8.89. The molecule has 0 aliphatic carbocycles. The quantitative estimate of drug-likeness (QED) is 0.449. The van der Waals surface area contributed by atoms with Gasteiger partial charge in [-0.15, -0.1) is 0 Å². The van der Waals surface area contributed by atoms with Gasteiger partial charge in [0.25, 0.3) is 0 Å². The predicted octanol–water partition coefficient (Wildman–Crippen LogP) is -1.37. The van der Waals surface area contributed by atoms with Crippen molar-refractivity contribution in [3.05, 3.63) is 35.9 Å². The number of carboxylic acids is 1. The number of hydrogen-bond donors (Lipinski definition) is 5. The molecule has 0 radical (unpaired) electrons. The number of aliphatic hydroxyl groups is 4. The van der Waals surface area contributed by atoms with E-state index < -0.39 is 49.4 Å². The predicted molar refractivity (Wildman–Crippen MR) is 71.7 cm³/mol. The van der Waals surface area contributed by atoms with Crippen LogP contribution in [-0.2, 0) is 14.3 Å². The van der Waals surface area contributed by atoms with Gasteiger partial charge < -0.3 is 35.0 Å². The Morgan fingerprint density at radius 2 is 1.77 bits per heavy atom. The van der Waals surface area contributed by atoms with Gasteiger partial charge in [-0.25, -0.2) is 4.79 Å². The van der Waals surface area contributed by atoms with Crippen LogP contribution in [0.5, 0.6) is 0 Å². The van der Waals surface area contributed by atoms with Gasteiger partial charge >= 0.3 is 5.97 Å². The summed E-state index contributed by atoms with van der Waals surface area (Å²) in [5.74, 6) is -1.30. The zero-order valence-electron chi connectivity index (χ0n) is 11.5. The molecule has 0 bridgehead atoms. The SMILES string of the molecule is O=C(O)C(O[C@@H]1O[C@H](CO)[C@@H](O)[C@H](O)[C@H]1O)c1ccccc1. The number of carbonyl (C=O) groups is 1. The third-order valence-electron chi connectivity index (χ3n) is 3.45. The molecule has 2 rings (SSSR count). The lowest BCUT2D eigenvalue weighted by Crippen LogP contribution is -2.59. The Balaban J connectivity index is 2.17. The Morgan fingerprint density at radius 3 is 2.32 bits per heavy atom. The monoisotopic (exact) mass is 314 g/mol. The molecule has 122 valence electrons. The second-order valence-corrected chi connectivity index (χ2v) is 4.96. The molecular formula is C14H18O8. The normalized spacial score (nSPS) is 33.4. The van der Waals surface area contributed by atoms with Crippen LogP contribution in [0.4, 0.5) is 0 Å². The molecule has 1 unspecified atom stereocenters. The maximum atomic E-state index is 11.4. The summed E-state index contributed by atoms with van der Waals surface area (Å²) in [5.41, 5.74) is 0.326. The maximum absolute atomic E-state index is 11.4. The zero-order valence-corrected chi connectivity index (χ0v) is 11.5. The molecule has 1 heterocycles. The highest BCUT2D eigenvalue weighted by Crippen LogP contribution is 2.27. The summed E-state index contributed by atoms with van der Waals surface area (Å²) < 4.78 is 10.4. The Kier molecular flexibility index (Phi) is 5.46. The standard InChI is InChI=1S/C14H18O8/c15-6-8-9(16)10(17)11(18)14(21-8)22-12(13(19)20)7-4-2-1-3-5-7/h1-5,8-12,14-18H,6H2,(H,19,20)/t8-,9-,10+,11-,12?,14+/m1/s1. The Bertz CT molecular complexity index is 491. The molecule has 1 aromatic carbocycles. The Hall–Kier alpha value is -1.55. The van der Waals surface area contributed by atoms with Crippen molar-refractivity contribution < 1.29 is 39.8 Å². The number of ether oxygens (including phenoxy) is 2. The van der Waals surface area contributed by atoms with E-state index in [9.17, 15) is 25.2 Å². The zero-order chi connectivity index (χ0) is 16.3. The van der Waals surface area contributed by atoms with Crippen molar-refractivity contribution in [1.29, 1.82) is 0 Å². The molecule has 8 nitrogen and oxygen atoms in total. The summed E-state index contributed by atoms with van der Waals surface area (Å²) >= 11 is 0. The average molecular weight is 314 g/mol. The van der Waals surface area contributed by atoms with Crippen molar-refractivity contribution in [2.75, 3.05) is 6.61 Å². The van der Waals surface area contributed by atoms with Crippen LogP contribution in [0.25, 0.3) is 0 Å². The molecule has 0 spiro atoms. The first kappa shape index (κ1) is 16.8. The molecular weight excluding hydrogens is 296 g/mol. The second-order valence-electron chi connectivity index (χ2n) is 4.96. The van der Waals surface area contributed by atoms with E-state index in [2.05, 4.69) is 0 Å². The van der Waals surface area contributed by atoms with Crippen molar-refractivity contribution >= 4 is 5.97 Å². The third-order valence-corrected chi connectivity index (χ3v) is 3.45. The van der Waals surface area contributed by atoms with Crippen LogP contribution in [0.1, 0.15) is 11.7 Å². The fourth-order valence-electron chi connectivity index (χ4n) is 2.22. The highest BCUT2D eigenvalue weighted by molar-refractivity contribution is 5.74. The van der Waals surface area contributed by atoms with Gasteiger partial charge in [0.2, 0.25) is 0 Å². The molecule has 8 heteroatoms. The van der Waals surface area contributed by atoms with Gasteiger partial charge in [-0.05, 0) is 5.56 Å². The Labute approximate surface area is 126 Å². The lowest BCUT2D eigenvalue weighted by atomic mass is 9.99. The van der Waals surface area contributed by atoms with E-state index in [0.717, 1.165) is 0 Å². The summed E-state index contributed by atoms with van der Waals surface area (Å²) in [6.45, 7) is -0.617. The fourth-order valence-corrected chi connectivity index (χ4v) is 2.22. The average Bonchev–Trinajstić information content (AvgIpc) is 2.52. The minimum Gasteiger partial charge on any atom is -0.479 e. The van der Waals surface area contributed by atoms with Gasteiger partial charge in [-0.1, -0.05) is 30.3 Å². The molecule has 0 saturated carbocycles. The highest BCUT2D eigenvalue weighted by Gasteiger charge is 2.45. The number of carboxylic acid groups (broad SMARTS) is 1. The summed E-state index contributed by atoms with van der Waals surface area (Å²) in [4.78, 5) is 11.4. The van der Waals surface area contributed by atoms with E-state index in [0.29, 0.717) is 5.56 Å². The topological polar surface area (TPSA) is 137 Å². The van der Waals surface area contributed by atoms with E-state index in [4.69, 9.17) is 14.6 Å². The smallest absolute Gasteiger partial charge is 0.337 e. The van der Waals surface area contributed by atoms with Crippen LogP contribution in [0, 0.1) is 0 Å². The summed E-state index contributed by atoms with van der Waals surface area (Å²) in [5, 5.41) is 47.6. The lowest BCUT2D eigenvalue weighted by molar-refractivity contribution is -0.311. The number of benzene rings is 1. The van der Waals surface area contributed by atoms with Crippen LogP contribution in [0.15, 0.2) is 30.3 Å². The molecule has 5 N–H and O–H groups in total. The molecule has 1 saturated heterocycles. The van der Waals surface area contributed by atoms with Crippen LogP contribution in [0.2, 0.25) is 0 Å². The van der Waals surface area contributed by atoms with E-state index in [1.807, 2.05) is 0 Å². The summed E-state index contributed by atoms with van der Waals surface area (Å²) in [6, 6.07) is 8.02. The number of aliphatic hydroxyl groups excluding tert-OH is 4. The Morgan fingerprint density at radius 1 is 1.14 bits per heavy atom. The van der Waals surface area contributed by atoms with Crippen molar-refractivity contribution in [3.8, 4) is 0 Å². The molecule has 6 atom stereocenters. The van der Waals surface area contributed by atoms with Gasteiger partial charge in [0.15, 0.2) is 12.4 Å².